The van der Waals surface area contributed by atoms with Crippen molar-refractivity contribution in [2.24, 2.45) is 0 Å². The molecular weight excluding hydrogens is 242 g/mol. The van der Waals surface area contributed by atoms with Gasteiger partial charge < -0.3 is 9.84 Å². The Bertz CT molecular complexity index is 488. The van der Waals surface area contributed by atoms with Gasteiger partial charge >= 0.3 is 6.09 Å². The number of hydrogen-bond donors (Lipinski definition) is 1. The second kappa shape index (κ2) is 5.45. The Kier molecular flexibility index (Phi) is 3.90. The second-order valence-corrected chi connectivity index (χ2v) is 5.32. The third-order valence-electron chi connectivity index (χ3n) is 3.00. The van der Waals surface area contributed by atoms with Crippen LogP contribution in [0.3, 0.4) is 0 Å². The minimum absolute atomic E-state index is 0.217. The minimum Gasteiger partial charge on any atom is -0.449 e. The highest BCUT2D eigenvalue weighted by molar-refractivity contribution is 5.72. The molecule has 0 spiro atoms. The predicted molar refractivity (Wildman–Crippen MR) is 73.3 cm³/mol. The van der Waals surface area contributed by atoms with Gasteiger partial charge in [-0.25, -0.2) is 4.79 Å². The van der Waals surface area contributed by atoms with Gasteiger partial charge in [0.2, 0.25) is 0 Å². The summed E-state index contributed by atoms with van der Waals surface area (Å²) in [6.45, 7) is 4.12. The van der Waals surface area contributed by atoms with Gasteiger partial charge in [0.25, 0.3) is 0 Å². The van der Waals surface area contributed by atoms with E-state index in [0.29, 0.717) is 13.0 Å². The lowest BCUT2D eigenvalue weighted by molar-refractivity contribution is 0.0388. The van der Waals surface area contributed by atoms with Crippen molar-refractivity contribution in [1.29, 1.82) is 0 Å². The maximum atomic E-state index is 11.9. The Hall–Kier alpha value is -1.81. The molecule has 4 heteroatoms. The van der Waals surface area contributed by atoms with Crippen LogP contribution >= 0.6 is 0 Å². The number of fused-ring (bicyclic) bond motifs is 1. The fourth-order valence-electron chi connectivity index (χ4n) is 1.84. The van der Waals surface area contributed by atoms with Crippen molar-refractivity contribution in [2.45, 2.75) is 32.4 Å². The summed E-state index contributed by atoms with van der Waals surface area (Å²) in [6, 6.07) is 7.94. The van der Waals surface area contributed by atoms with Gasteiger partial charge in [0.15, 0.2) is 0 Å². The maximum absolute atomic E-state index is 11.9. The SMILES string of the molecule is CC(C)(O)CCOC(=O)N1C=Cc2ccccc2C1. The zero-order valence-corrected chi connectivity index (χ0v) is 11.3. The molecule has 0 unspecified atom stereocenters. The highest BCUT2D eigenvalue weighted by Crippen LogP contribution is 2.20. The summed E-state index contributed by atoms with van der Waals surface area (Å²) in [5, 5.41) is 9.55. The number of benzene rings is 1. The first-order chi connectivity index (χ1) is 8.96. The van der Waals surface area contributed by atoms with Gasteiger partial charge in [0.05, 0.1) is 18.8 Å². The van der Waals surface area contributed by atoms with Crippen molar-refractivity contribution in [3.05, 3.63) is 41.6 Å². The van der Waals surface area contributed by atoms with Gasteiger partial charge in [-0.3, -0.25) is 4.90 Å². The molecule has 0 bridgehead atoms. The highest BCUT2D eigenvalue weighted by atomic mass is 16.6. The predicted octanol–water partition coefficient (Wildman–Crippen LogP) is 2.77. The van der Waals surface area contributed by atoms with Crippen LogP contribution < -0.4 is 0 Å². The first-order valence-corrected chi connectivity index (χ1v) is 6.38. The third kappa shape index (κ3) is 3.83. The van der Waals surface area contributed by atoms with Crippen LogP contribution in [0.15, 0.2) is 30.5 Å². The number of carbonyl (C=O) groups excluding carboxylic acids is 1. The van der Waals surface area contributed by atoms with Crippen LogP contribution in [0.2, 0.25) is 0 Å². The van der Waals surface area contributed by atoms with Gasteiger partial charge in [-0.2, -0.15) is 0 Å². The molecule has 1 aromatic rings. The van der Waals surface area contributed by atoms with Crippen molar-refractivity contribution in [3.63, 3.8) is 0 Å². The van der Waals surface area contributed by atoms with E-state index in [9.17, 15) is 9.90 Å². The molecule has 0 atom stereocenters. The fraction of sp³-hybridized carbons (Fsp3) is 0.400. The Morgan fingerprint density at radius 2 is 2.16 bits per heavy atom. The maximum Gasteiger partial charge on any atom is 0.414 e. The number of carbonyl (C=O) groups is 1. The quantitative estimate of drug-likeness (QED) is 0.910. The summed E-state index contributed by atoms with van der Waals surface area (Å²) < 4.78 is 5.15. The molecule has 2 rings (SSSR count). The Morgan fingerprint density at radius 3 is 2.89 bits per heavy atom. The van der Waals surface area contributed by atoms with Crippen LogP contribution in [0.4, 0.5) is 4.79 Å². The summed E-state index contributed by atoms with van der Waals surface area (Å²) in [5.74, 6) is 0. The number of nitrogens with zero attached hydrogens (tertiary/aromatic N) is 1. The number of hydrogen-bond acceptors (Lipinski definition) is 3. The molecule has 1 aromatic carbocycles. The van der Waals surface area contributed by atoms with Gasteiger partial charge in [0.1, 0.15) is 0 Å². The number of rotatable bonds is 3. The van der Waals surface area contributed by atoms with E-state index in [1.807, 2.05) is 30.3 Å². The molecule has 19 heavy (non-hydrogen) atoms. The smallest absolute Gasteiger partial charge is 0.414 e. The van der Waals surface area contributed by atoms with Gasteiger partial charge in [-0.1, -0.05) is 24.3 Å². The molecule has 0 radical (unpaired) electrons. The Morgan fingerprint density at radius 1 is 1.42 bits per heavy atom. The zero-order valence-electron chi connectivity index (χ0n) is 11.3. The van der Waals surface area contributed by atoms with Crippen LogP contribution in [-0.4, -0.2) is 28.3 Å². The second-order valence-electron chi connectivity index (χ2n) is 5.32. The largest absolute Gasteiger partial charge is 0.449 e. The fourth-order valence-corrected chi connectivity index (χ4v) is 1.84. The van der Waals surface area contributed by atoms with Crippen LogP contribution in [0.5, 0.6) is 0 Å². The number of ether oxygens (including phenoxy) is 1. The van der Waals surface area contributed by atoms with Crippen LogP contribution in [-0.2, 0) is 11.3 Å². The van der Waals surface area contributed by atoms with E-state index in [0.717, 1.165) is 11.1 Å². The molecule has 0 fully saturated rings. The molecule has 1 aliphatic heterocycles. The standard InChI is InChI=1S/C15H19NO3/c1-15(2,18)8-10-19-14(17)16-9-7-12-5-3-4-6-13(12)11-16/h3-7,9,18H,8,10-11H2,1-2H3. The lowest BCUT2D eigenvalue weighted by Gasteiger charge is -2.24. The first kappa shape index (κ1) is 13.6. The van der Waals surface area contributed by atoms with E-state index < -0.39 is 5.60 Å². The zero-order chi connectivity index (χ0) is 13.9. The first-order valence-electron chi connectivity index (χ1n) is 6.38. The number of aliphatic hydroxyl groups is 1. The lowest BCUT2D eigenvalue weighted by Crippen LogP contribution is -2.30. The topological polar surface area (TPSA) is 49.8 Å². The molecule has 0 saturated heterocycles. The van der Waals surface area contributed by atoms with Gasteiger partial charge in [0, 0.05) is 12.6 Å². The highest BCUT2D eigenvalue weighted by Gasteiger charge is 2.19. The lowest BCUT2D eigenvalue weighted by atomic mass is 10.0. The van der Waals surface area contributed by atoms with Crippen molar-refractivity contribution >= 4 is 12.2 Å². The minimum atomic E-state index is -0.815. The Labute approximate surface area is 113 Å². The van der Waals surface area contributed by atoms with E-state index in [2.05, 4.69) is 0 Å². The molecule has 0 saturated carbocycles. The molecule has 1 heterocycles. The summed E-state index contributed by atoms with van der Waals surface area (Å²) in [4.78, 5) is 13.4. The van der Waals surface area contributed by atoms with Crippen molar-refractivity contribution in [2.75, 3.05) is 6.61 Å². The molecule has 1 amide bonds. The molecule has 102 valence electrons. The average Bonchev–Trinajstić information content (AvgIpc) is 2.36. The molecule has 1 aliphatic rings. The van der Waals surface area contributed by atoms with E-state index >= 15 is 0 Å². The Balaban J connectivity index is 1.89. The van der Waals surface area contributed by atoms with Crippen LogP contribution in [0.1, 0.15) is 31.4 Å². The summed E-state index contributed by atoms with van der Waals surface area (Å²) in [6.07, 6.45) is 3.67. The van der Waals surface area contributed by atoms with Crippen LogP contribution in [0.25, 0.3) is 6.08 Å². The average molecular weight is 261 g/mol. The summed E-state index contributed by atoms with van der Waals surface area (Å²) >= 11 is 0. The van der Waals surface area contributed by atoms with E-state index in [-0.39, 0.29) is 12.7 Å². The molecule has 1 N–H and O–H groups in total. The summed E-state index contributed by atoms with van der Waals surface area (Å²) in [5.41, 5.74) is 1.41. The monoisotopic (exact) mass is 261 g/mol. The molecule has 4 nitrogen and oxygen atoms in total. The van der Waals surface area contributed by atoms with Gasteiger partial charge in [-0.05, 0) is 31.1 Å². The van der Waals surface area contributed by atoms with Crippen molar-refractivity contribution < 1.29 is 14.6 Å². The summed E-state index contributed by atoms with van der Waals surface area (Å²) in [7, 11) is 0. The van der Waals surface area contributed by atoms with Crippen molar-refractivity contribution in [3.8, 4) is 0 Å². The number of amides is 1. The molecule has 0 aliphatic carbocycles. The van der Waals surface area contributed by atoms with Gasteiger partial charge in [-0.15, -0.1) is 0 Å². The van der Waals surface area contributed by atoms with E-state index in [1.165, 1.54) is 4.90 Å². The normalized spacial score (nSPS) is 14.2. The van der Waals surface area contributed by atoms with Crippen LogP contribution in [0, 0.1) is 0 Å². The van der Waals surface area contributed by atoms with E-state index in [4.69, 9.17) is 4.74 Å². The molecule has 0 aromatic heterocycles. The molecular formula is C15H19NO3. The van der Waals surface area contributed by atoms with Crippen molar-refractivity contribution in [1.82, 2.24) is 4.90 Å². The third-order valence-corrected chi connectivity index (χ3v) is 3.00. The van der Waals surface area contributed by atoms with E-state index in [1.54, 1.807) is 20.0 Å².